The maximum Gasteiger partial charge on any atom is 1.00 e. The Labute approximate surface area is 113 Å². The molecule has 1 rings (SSSR count). The molecule has 0 heterocycles. The van der Waals surface area contributed by atoms with E-state index in [0.717, 1.165) is 17.7 Å². The van der Waals surface area contributed by atoms with Crippen LogP contribution in [0.2, 0.25) is 0 Å². The van der Waals surface area contributed by atoms with Crippen molar-refractivity contribution in [2.75, 3.05) is 6.61 Å². The average molecular weight is 229 g/mol. The van der Waals surface area contributed by atoms with Gasteiger partial charge in [0.25, 0.3) is 0 Å². The monoisotopic (exact) mass is 229 g/mol. The molecular formula is C12H16LiNO3. The van der Waals surface area contributed by atoms with E-state index in [0.29, 0.717) is 6.61 Å². The summed E-state index contributed by atoms with van der Waals surface area (Å²) >= 11 is 0. The van der Waals surface area contributed by atoms with E-state index in [2.05, 4.69) is 0 Å². The van der Waals surface area contributed by atoms with E-state index in [-0.39, 0.29) is 25.3 Å². The molecule has 0 spiro atoms. The fourth-order valence-electron chi connectivity index (χ4n) is 1.33. The van der Waals surface area contributed by atoms with Crippen molar-refractivity contribution in [1.82, 2.24) is 0 Å². The van der Waals surface area contributed by atoms with Gasteiger partial charge in [-0.3, -0.25) is 0 Å². The van der Waals surface area contributed by atoms with E-state index in [4.69, 9.17) is 10.5 Å². The van der Waals surface area contributed by atoms with E-state index in [9.17, 15) is 9.90 Å². The van der Waals surface area contributed by atoms with E-state index in [1.165, 1.54) is 0 Å². The molecule has 0 bridgehead atoms. The van der Waals surface area contributed by atoms with Crippen LogP contribution >= 0.6 is 0 Å². The molecule has 0 radical (unpaired) electrons. The zero-order chi connectivity index (χ0) is 12.0. The zero-order valence-corrected chi connectivity index (χ0v) is 10.3. The second-order valence-corrected chi connectivity index (χ2v) is 3.60. The number of aliphatic carboxylic acids is 1. The van der Waals surface area contributed by atoms with Crippen LogP contribution in [0.25, 0.3) is 0 Å². The Kier molecular flexibility index (Phi) is 7.73. The summed E-state index contributed by atoms with van der Waals surface area (Å²) in [6.07, 6.45) is 0.779. The Morgan fingerprint density at radius 3 is 2.47 bits per heavy atom. The summed E-state index contributed by atoms with van der Waals surface area (Å²) in [4.78, 5) is 10.4. The number of carboxylic acids is 1. The normalized spacial score (nSPS) is 11.4. The first-order valence-corrected chi connectivity index (χ1v) is 5.31. The van der Waals surface area contributed by atoms with Crippen molar-refractivity contribution in [2.45, 2.75) is 25.8 Å². The minimum absolute atomic E-state index is 0. The Bertz CT molecular complexity index is 340. The minimum atomic E-state index is -1.14. The smallest absolute Gasteiger partial charge is 0.550 e. The molecule has 1 aromatic carbocycles. The molecule has 17 heavy (non-hydrogen) atoms. The minimum Gasteiger partial charge on any atom is -0.550 e. The molecule has 5 heteroatoms. The van der Waals surface area contributed by atoms with Gasteiger partial charge in [0.1, 0.15) is 5.75 Å². The Hall–Kier alpha value is -0.953. The molecule has 4 nitrogen and oxygen atoms in total. The number of nitrogens with two attached hydrogens (primary N) is 1. The largest absolute Gasteiger partial charge is 1.00 e. The second-order valence-electron chi connectivity index (χ2n) is 3.60. The summed E-state index contributed by atoms with van der Waals surface area (Å²) in [5, 5.41) is 10.4. The summed E-state index contributed by atoms with van der Waals surface area (Å²) in [5.74, 6) is -0.370. The Balaban J connectivity index is 0.00000256. The Morgan fingerprint density at radius 2 is 2.00 bits per heavy atom. The molecule has 0 saturated carbocycles. The summed E-state index contributed by atoms with van der Waals surface area (Å²) in [6, 6.07) is 6.61. The number of carbonyl (C=O) groups excluding carboxylic acids is 1. The summed E-state index contributed by atoms with van der Waals surface area (Å²) < 4.78 is 5.40. The molecule has 0 aliphatic heterocycles. The molecule has 88 valence electrons. The van der Waals surface area contributed by atoms with Gasteiger partial charge in [0.15, 0.2) is 0 Å². The molecule has 0 fully saturated rings. The van der Waals surface area contributed by atoms with Crippen molar-refractivity contribution < 1.29 is 33.5 Å². The fourth-order valence-corrected chi connectivity index (χ4v) is 1.33. The molecule has 1 aromatic rings. The third-order valence-corrected chi connectivity index (χ3v) is 2.17. The van der Waals surface area contributed by atoms with Crippen molar-refractivity contribution in [2.24, 2.45) is 5.73 Å². The first-order valence-electron chi connectivity index (χ1n) is 5.31. The standard InChI is InChI=1S/C12H17NO3.Li/c1-2-7-16-10-5-3-9(4-6-10)11(13)8-12(14)15;/h3-6,11H,2,7-8,13H2,1H3,(H,14,15);/q;+1/p-1. The van der Waals surface area contributed by atoms with Crippen molar-refractivity contribution in [3.05, 3.63) is 29.8 Å². The second kappa shape index (κ2) is 8.18. The van der Waals surface area contributed by atoms with Gasteiger partial charge in [-0.25, -0.2) is 0 Å². The number of carboxylic acid groups (broad SMARTS) is 1. The van der Waals surface area contributed by atoms with Crippen LogP contribution in [0.5, 0.6) is 5.75 Å². The first kappa shape index (κ1) is 16.0. The quantitative estimate of drug-likeness (QED) is 0.553. The molecule has 2 N–H and O–H groups in total. The van der Waals surface area contributed by atoms with Gasteiger partial charge in [0.05, 0.1) is 6.61 Å². The first-order chi connectivity index (χ1) is 7.63. The van der Waals surface area contributed by atoms with Gasteiger partial charge in [-0.1, -0.05) is 19.1 Å². The molecule has 0 aliphatic rings. The van der Waals surface area contributed by atoms with Gasteiger partial charge >= 0.3 is 18.9 Å². The number of rotatable bonds is 6. The van der Waals surface area contributed by atoms with E-state index >= 15 is 0 Å². The van der Waals surface area contributed by atoms with E-state index in [1.54, 1.807) is 24.3 Å². The van der Waals surface area contributed by atoms with E-state index < -0.39 is 12.0 Å². The summed E-state index contributed by atoms with van der Waals surface area (Å²) in [6.45, 7) is 2.70. The van der Waals surface area contributed by atoms with Gasteiger partial charge in [-0.2, -0.15) is 0 Å². The molecule has 0 saturated heterocycles. The zero-order valence-electron chi connectivity index (χ0n) is 10.3. The van der Waals surface area contributed by atoms with Gasteiger partial charge < -0.3 is 20.4 Å². The van der Waals surface area contributed by atoms with Crippen molar-refractivity contribution in [1.29, 1.82) is 0 Å². The molecule has 0 amide bonds. The van der Waals surface area contributed by atoms with Crippen LogP contribution < -0.4 is 34.4 Å². The molecule has 1 unspecified atom stereocenters. The maximum atomic E-state index is 10.4. The molecule has 1 atom stereocenters. The maximum absolute atomic E-state index is 10.4. The van der Waals surface area contributed by atoms with Crippen LogP contribution in [0.4, 0.5) is 0 Å². The number of carbonyl (C=O) groups is 1. The SMILES string of the molecule is CCCOc1ccc(C(N)CC(=O)[O-])cc1.[Li+]. The van der Waals surface area contributed by atoms with Crippen LogP contribution in [-0.4, -0.2) is 12.6 Å². The summed E-state index contributed by atoms with van der Waals surface area (Å²) in [5.41, 5.74) is 6.46. The predicted octanol–water partition coefficient (Wildman–Crippen LogP) is -2.38. The Morgan fingerprint density at radius 1 is 1.41 bits per heavy atom. The predicted molar refractivity (Wildman–Crippen MR) is 58.8 cm³/mol. The summed E-state index contributed by atoms with van der Waals surface area (Å²) in [7, 11) is 0. The van der Waals surface area contributed by atoms with E-state index in [1.807, 2.05) is 6.92 Å². The number of benzene rings is 1. The average Bonchev–Trinajstić information content (AvgIpc) is 2.26. The van der Waals surface area contributed by atoms with Gasteiger partial charge in [0, 0.05) is 18.4 Å². The van der Waals surface area contributed by atoms with Gasteiger partial charge in [-0.15, -0.1) is 0 Å². The molecule has 0 aromatic heterocycles. The van der Waals surface area contributed by atoms with Crippen molar-refractivity contribution in [3.8, 4) is 5.75 Å². The van der Waals surface area contributed by atoms with Crippen LogP contribution in [0.15, 0.2) is 24.3 Å². The van der Waals surface area contributed by atoms with Crippen LogP contribution in [0.1, 0.15) is 31.4 Å². The number of hydrogen-bond donors (Lipinski definition) is 1. The van der Waals surface area contributed by atoms with Crippen LogP contribution in [0, 0.1) is 0 Å². The molecule has 0 aliphatic carbocycles. The van der Waals surface area contributed by atoms with Gasteiger partial charge in [-0.05, 0) is 24.1 Å². The third-order valence-electron chi connectivity index (χ3n) is 2.17. The topological polar surface area (TPSA) is 75.4 Å². The number of ether oxygens (including phenoxy) is 1. The number of hydrogen-bond acceptors (Lipinski definition) is 4. The molecular weight excluding hydrogens is 213 g/mol. The van der Waals surface area contributed by atoms with Crippen molar-refractivity contribution in [3.63, 3.8) is 0 Å². The van der Waals surface area contributed by atoms with Gasteiger partial charge in [0.2, 0.25) is 0 Å². The van der Waals surface area contributed by atoms with Crippen LogP contribution in [0.3, 0.4) is 0 Å². The third kappa shape index (κ3) is 5.78. The fraction of sp³-hybridized carbons (Fsp3) is 0.417. The van der Waals surface area contributed by atoms with Crippen molar-refractivity contribution >= 4 is 5.97 Å². The van der Waals surface area contributed by atoms with Crippen LogP contribution in [-0.2, 0) is 4.79 Å².